The van der Waals surface area contributed by atoms with Crippen molar-refractivity contribution in [3.8, 4) is 17.6 Å². The highest BCUT2D eigenvalue weighted by Crippen LogP contribution is 2.36. The molecule has 1 aromatic heterocycles. The van der Waals surface area contributed by atoms with E-state index in [1.807, 2.05) is 43.3 Å². The average Bonchev–Trinajstić information content (AvgIpc) is 3.34. The molecule has 5 rings (SSSR count). The summed E-state index contributed by atoms with van der Waals surface area (Å²) >= 11 is 0. The largest absolute Gasteiger partial charge is 0.490 e. The Morgan fingerprint density at radius 1 is 1.05 bits per heavy atom. The standard InChI is InChI=1S/C32H26FN3O2/c1-3-8-23-15-21(16-25(19-34)32-35-28-14-13-26(33)18-29(28)36-32)17-30(37-4-2)31(23)38-20-24-11-7-10-22-9-5-6-12-27(22)24/h3,5-7,9-18H,1,4,8,20H2,2H3,(H,35,36)/b25-16-. The van der Waals surface area contributed by atoms with Crippen molar-refractivity contribution >= 4 is 33.5 Å². The number of ether oxygens (including phenoxy) is 2. The van der Waals surface area contributed by atoms with Crippen LogP contribution in [0.4, 0.5) is 4.39 Å². The number of rotatable bonds is 9. The van der Waals surface area contributed by atoms with E-state index in [1.54, 1.807) is 12.1 Å². The van der Waals surface area contributed by atoms with Crippen LogP contribution >= 0.6 is 0 Å². The molecule has 0 radical (unpaired) electrons. The molecule has 4 aromatic carbocycles. The monoisotopic (exact) mass is 503 g/mol. The third-order valence-corrected chi connectivity index (χ3v) is 6.20. The first kappa shape index (κ1) is 24.8. The molecule has 0 aliphatic carbocycles. The zero-order valence-corrected chi connectivity index (χ0v) is 21.0. The summed E-state index contributed by atoms with van der Waals surface area (Å²) in [6.45, 7) is 6.65. The van der Waals surface area contributed by atoms with Crippen LogP contribution in [0.5, 0.6) is 11.5 Å². The second kappa shape index (κ2) is 11.0. The van der Waals surface area contributed by atoms with E-state index < -0.39 is 0 Å². The van der Waals surface area contributed by atoms with E-state index in [4.69, 9.17) is 9.47 Å². The molecule has 0 saturated carbocycles. The number of nitriles is 1. The number of hydrogen-bond acceptors (Lipinski definition) is 4. The summed E-state index contributed by atoms with van der Waals surface area (Å²) in [4.78, 5) is 7.50. The fourth-order valence-electron chi connectivity index (χ4n) is 4.50. The zero-order chi connectivity index (χ0) is 26.5. The van der Waals surface area contributed by atoms with Crippen LogP contribution in [-0.4, -0.2) is 16.6 Å². The number of aromatic nitrogens is 2. The highest BCUT2D eigenvalue weighted by atomic mass is 19.1. The van der Waals surface area contributed by atoms with Gasteiger partial charge >= 0.3 is 0 Å². The summed E-state index contributed by atoms with van der Waals surface area (Å²) in [6.07, 6.45) is 4.10. The molecule has 1 heterocycles. The van der Waals surface area contributed by atoms with Crippen molar-refractivity contribution in [1.29, 1.82) is 5.26 Å². The molecular weight excluding hydrogens is 477 g/mol. The lowest BCUT2D eigenvalue weighted by Gasteiger charge is -2.17. The highest BCUT2D eigenvalue weighted by molar-refractivity contribution is 5.90. The van der Waals surface area contributed by atoms with Crippen LogP contribution in [0, 0.1) is 17.1 Å². The summed E-state index contributed by atoms with van der Waals surface area (Å²) in [5, 5.41) is 12.2. The van der Waals surface area contributed by atoms with E-state index >= 15 is 0 Å². The van der Waals surface area contributed by atoms with Crippen LogP contribution in [0.15, 0.2) is 85.5 Å². The van der Waals surface area contributed by atoms with Gasteiger partial charge < -0.3 is 14.5 Å². The molecule has 0 unspecified atom stereocenters. The van der Waals surface area contributed by atoms with Crippen molar-refractivity contribution in [1.82, 2.24) is 9.97 Å². The van der Waals surface area contributed by atoms with E-state index in [-0.39, 0.29) is 5.82 Å². The molecule has 0 amide bonds. The average molecular weight is 504 g/mol. The minimum Gasteiger partial charge on any atom is -0.490 e. The first-order valence-corrected chi connectivity index (χ1v) is 12.4. The Kier molecular flexibility index (Phi) is 7.19. The number of halogens is 1. The molecule has 0 bridgehead atoms. The molecule has 5 nitrogen and oxygen atoms in total. The third kappa shape index (κ3) is 5.14. The Labute approximate surface area is 220 Å². The molecule has 1 N–H and O–H groups in total. The lowest BCUT2D eigenvalue weighted by molar-refractivity contribution is 0.268. The van der Waals surface area contributed by atoms with Gasteiger partial charge in [-0.3, -0.25) is 0 Å². The van der Waals surface area contributed by atoms with Gasteiger partial charge in [-0.05, 0) is 71.7 Å². The Bertz CT molecular complexity index is 1710. The maximum absolute atomic E-state index is 13.6. The lowest BCUT2D eigenvalue weighted by atomic mass is 10.0. The van der Waals surface area contributed by atoms with E-state index in [0.29, 0.717) is 53.6 Å². The Balaban J connectivity index is 1.52. The number of imidazole rings is 1. The van der Waals surface area contributed by atoms with Crippen molar-refractivity contribution in [2.24, 2.45) is 0 Å². The van der Waals surface area contributed by atoms with Gasteiger partial charge in [0.2, 0.25) is 0 Å². The van der Waals surface area contributed by atoms with Crippen molar-refractivity contribution in [3.63, 3.8) is 0 Å². The first-order valence-electron chi connectivity index (χ1n) is 12.4. The summed E-state index contributed by atoms with van der Waals surface area (Å²) in [6, 6.07) is 24.7. The van der Waals surface area contributed by atoms with Crippen LogP contribution in [0.2, 0.25) is 0 Å². The molecule has 0 fully saturated rings. The second-order valence-corrected chi connectivity index (χ2v) is 8.78. The molecule has 0 spiro atoms. The SMILES string of the molecule is C=CCc1cc(/C=C(/C#N)c2nc3ccc(F)cc3[nH]2)cc(OCC)c1OCc1cccc2ccccc12. The molecular formula is C32H26FN3O2. The van der Waals surface area contributed by atoms with E-state index in [1.165, 1.54) is 12.1 Å². The van der Waals surface area contributed by atoms with Gasteiger partial charge in [-0.1, -0.05) is 48.5 Å². The third-order valence-electron chi connectivity index (χ3n) is 6.20. The quantitative estimate of drug-likeness (QED) is 0.166. The Morgan fingerprint density at radius 3 is 2.71 bits per heavy atom. The lowest BCUT2D eigenvalue weighted by Crippen LogP contribution is -2.04. The highest BCUT2D eigenvalue weighted by Gasteiger charge is 2.15. The molecule has 0 aliphatic heterocycles. The van der Waals surface area contributed by atoms with Crippen molar-refractivity contribution in [3.05, 3.63) is 114 Å². The summed E-state index contributed by atoms with van der Waals surface area (Å²) in [5.74, 6) is 1.23. The van der Waals surface area contributed by atoms with Gasteiger partial charge in [-0.2, -0.15) is 5.26 Å². The zero-order valence-electron chi connectivity index (χ0n) is 21.0. The van der Waals surface area contributed by atoms with Gasteiger partial charge in [0.05, 0.1) is 23.2 Å². The number of nitrogens with one attached hydrogen (secondary N) is 1. The number of benzene rings is 4. The van der Waals surface area contributed by atoms with Gasteiger partial charge in [0.25, 0.3) is 0 Å². The van der Waals surface area contributed by atoms with Crippen LogP contribution < -0.4 is 9.47 Å². The maximum atomic E-state index is 13.6. The van der Waals surface area contributed by atoms with Crippen LogP contribution in [0.25, 0.3) is 33.5 Å². The normalized spacial score (nSPS) is 11.4. The topological polar surface area (TPSA) is 70.9 Å². The summed E-state index contributed by atoms with van der Waals surface area (Å²) in [7, 11) is 0. The fourth-order valence-corrected chi connectivity index (χ4v) is 4.50. The number of fused-ring (bicyclic) bond motifs is 2. The van der Waals surface area contributed by atoms with Gasteiger partial charge in [0.15, 0.2) is 11.5 Å². The number of allylic oxidation sites excluding steroid dienone is 2. The Morgan fingerprint density at radius 2 is 1.89 bits per heavy atom. The smallest absolute Gasteiger partial charge is 0.165 e. The minimum absolute atomic E-state index is 0.318. The van der Waals surface area contributed by atoms with E-state index in [2.05, 4.69) is 46.9 Å². The summed E-state index contributed by atoms with van der Waals surface area (Å²) < 4.78 is 26.0. The molecule has 188 valence electrons. The summed E-state index contributed by atoms with van der Waals surface area (Å²) in [5.41, 5.74) is 4.15. The number of nitrogens with zero attached hydrogens (tertiary/aromatic N) is 2. The maximum Gasteiger partial charge on any atom is 0.165 e. The minimum atomic E-state index is -0.371. The van der Waals surface area contributed by atoms with Crippen LogP contribution in [-0.2, 0) is 13.0 Å². The van der Waals surface area contributed by atoms with Crippen molar-refractivity contribution in [2.45, 2.75) is 20.0 Å². The molecule has 0 saturated heterocycles. The van der Waals surface area contributed by atoms with Gasteiger partial charge in [0.1, 0.15) is 24.3 Å². The number of hydrogen-bond donors (Lipinski definition) is 1. The van der Waals surface area contributed by atoms with Gasteiger partial charge in [-0.25, -0.2) is 9.37 Å². The predicted octanol–water partition coefficient (Wildman–Crippen LogP) is 7.63. The second-order valence-electron chi connectivity index (χ2n) is 8.78. The van der Waals surface area contributed by atoms with Gasteiger partial charge in [-0.15, -0.1) is 6.58 Å². The van der Waals surface area contributed by atoms with Gasteiger partial charge in [0, 0.05) is 5.56 Å². The number of aromatic amines is 1. The van der Waals surface area contributed by atoms with Crippen LogP contribution in [0.3, 0.4) is 0 Å². The molecule has 5 aromatic rings. The van der Waals surface area contributed by atoms with Crippen molar-refractivity contribution in [2.75, 3.05) is 6.61 Å². The van der Waals surface area contributed by atoms with Crippen LogP contribution in [0.1, 0.15) is 29.4 Å². The first-order chi connectivity index (χ1) is 18.6. The predicted molar refractivity (Wildman–Crippen MR) is 149 cm³/mol. The fraction of sp³-hybridized carbons (Fsp3) is 0.125. The molecule has 0 atom stereocenters. The Hall–Kier alpha value is -4.89. The molecule has 6 heteroatoms. The number of H-pyrrole nitrogens is 1. The van der Waals surface area contributed by atoms with E-state index in [0.717, 1.165) is 27.5 Å². The van der Waals surface area contributed by atoms with Crippen molar-refractivity contribution < 1.29 is 13.9 Å². The molecule has 0 aliphatic rings. The molecule has 38 heavy (non-hydrogen) atoms. The van der Waals surface area contributed by atoms with E-state index in [9.17, 15) is 9.65 Å².